The molecule has 5 rings (SSSR count). The lowest BCUT2D eigenvalue weighted by Crippen LogP contribution is -2.48. The summed E-state index contributed by atoms with van der Waals surface area (Å²) >= 11 is 0. The van der Waals surface area contributed by atoms with E-state index in [0.29, 0.717) is 50.6 Å². The Morgan fingerprint density at radius 1 is 0.580 bits per heavy atom. The van der Waals surface area contributed by atoms with Crippen LogP contribution in [0, 0.1) is 5.41 Å². The highest BCUT2D eigenvalue weighted by molar-refractivity contribution is 6.28. The van der Waals surface area contributed by atoms with Gasteiger partial charge in [0.15, 0.2) is 34.6 Å². The number of rotatable bonds is 14. The summed E-state index contributed by atoms with van der Waals surface area (Å²) in [5, 5.41) is 26.7. The van der Waals surface area contributed by atoms with Gasteiger partial charge in [0, 0.05) is 48.4 Å². The van der Waals surface area contributed by atoms with E-state index in [-0.39, 0.29) is 57.7 Å². The van der Waals surface area contributed by atoms with Crippen LogP contribution in [0.5, 0.6) is 11.5 Å². The molecule has 0 saturated carbocycles. The molecule has 0 unspecified atom stereocenters. The number of nitrogens with one attached hydrogen (secondary N) is 1. The molecule has 50 heavy (non-hydrogen) atoms. The second-order valence-corrected chi connectivity index (χ2v) is 12.4. The maximum atomic E-state index is 15.1. The first-order chi connectivity index (χ1) is 24.1. The number of hydrogen-bond donors (Lipinski definition) is 3. The van der Waals surface area contributed by atoms with Crippen molar-refractivity contribution in [1.29, 1.82) is 0 Å². The van der Waals surface area contributed by atoms with Gasteiger partial charge in [0.2, 0.25) is 0 Å². The quantitative estimate of drug-likeness (QED) is 0.0990. The summed E-state index contributed by atoms with van der Waals surface area (Å²) in [6.07, 6.45) is 0.166. The van der Waals surface area contributed by atoms with E-state index < -0.39 is 28.5 Å². The van der Waals surface area contributed by atoms with Crippen LogP contribution in [0.1, 0.15) is 93.1 Å². The number of phenols is 2. The number of carbonyl (C=O) groups is 4. The Bertz CT molecular complexity index is 1740. The van der Waals surface area contributed by atoms with Crippen molar-refractivity contribution < 1.29 is 29.4 Å². The van der Waals surface area contributed by atoms with E-state index in [9.17, 15) is 19.8 Å². The van der Waals surface area contributed by atoms with Crippen molar-refractivity contribution in [1.82, 2.24) is 5.32 Å². The van der Waals surface area contributed by atoms with Crippen molar-refractivity contribution in [2.45, 2.75) is 40.5 Å². The molecule has 1 aliphatic rings. The molecule has 0 radical (unpaired) electrons. The first-order valence-corrected chi connectivity index (χ1v) is 17.4. The van der Waals surface area contributed by atoms with Crippen LogP contribution in [-0.2, 0) is 0 Å². The van der Waals surface area contributed by atoms with E-state index >= 15 is 9.59 Å². The molecule has 9 nitrogen and oxygen atoms in total. The van der Waals surface area contributed by atoms with Gasteiger partial charge in [0.25, 0.3) is 0 Å². The molecule has 0 aromatic heterocycles. The lowest BCUT2D eigenvalue weighted by atomic mass is 9.66. The number of anilines is 2. The van der Waals surface area contributed by atoms with Crippen LogP contribution in [0.2, 0.25) is 0 Å². The zero-order chi connectivity index (χ0) is 36.0. The van der Waals surface area contributed by atoms with E-state index in [1.54, 1.807) is 72.8 Å². The van der Waals surface area contributed by atoms with E-state index in [1.807, 2.05) is 37.5 Å². The predicted octanol–water partition coefficient (Wildman–Crippen LogP) is 6.69. The van der Waals surface area contributed by atoms with E-state index in [2.05, 4.69) is 5.32 Å². The summed E-state index contributed by atoms with van der Waals surface area (Å²) in [7, 11) is 0. The third-order valence-corrected chi connectivity index (χ3v) is 9.86. The SMILES string of the molecule is CCN(CC)c1ccc(C(=O)C2(C(=O)c3ccc(N(CC)CC)c(O)c3C(=O)c3ccccc3)CCNCC2)c(C(=O)c2ccccc2)c1O. The minimum absolute atomic E-state index is 0.0672. The number of aromatic hydroxyl groups is 2. The highest BCUT2D eigenvalue weighted by Gasteiger charge is 2.49. The van der Waals surface area contributed by atoms with Crippen LogP contribution >= 0.6 is 0 Å². The van der Waals surface area contributed by atoms with Gasteiger partial charge in [0.1, 0.15) is 0 Å². The third kappa shape index (κ3) is 6.53. The maximum absolute atomic E-state index is 15.1. The summed E-state index contributed by atoms with van der Waals surface area (Å²) in [4.78, 5) is 62.3. The van der Waals surface area contributed by atoms with E-state index in [4.69, 9.17) is 0 Å². The fourth-order valence-corrected chi connectivity index (χ4v) is 7.03. The molecule has 1 aliphatic heterocycles. The monoisotopic (exact) mass is 675 g/mol. The van der Waals surface area contributed by atoms with Crippen molar-refractivity contribution in [3.63, 3.8) is 0 Å². The Labute approximate surface area is 293 Å². The number of carbonyl (C=O) groups excluding carboxylic acids is 4. The van der Waals surface area contributed by atoms with Crippen LogP contribution in [-0.4, -0.2) is 72.6 Å². The largest absolute Gasteiger partial charge is 0.505 e. The Morgan fingerprint density at radius 3 is 1.28 bits per heavy atom. The van der Waals surface area contributed by atoms with Gasteiger partial charge < -0.3 is 25.3 Å². The second kappa shape index (κ2) is 15.5. The van der Waals surface area contributed by atoms with Gasteiger partial charge in [-0.3, -0.25) is 19.2 Å². The van der Waals surface area contributed by atoms with Gasteiger partial charge in [0.05, 0.1) is 27.9 Å². The van der Waals surface area contributed by atoms with E-state index in [1.165, 1.54) is 12.1 Å². The number of Topliss-reactive ketones (excluding diaryl/α,β-unsaturated/α-hetero) is 2. The molecule has 0 amide bonds. The number of hydrogen-bond acceptors (Lipinski definition) is 9. The first-order valence-electron chi connectivity index (χ1n) is 17.4. The van der Waals surface area contributed by atoms with Crippen LogP contribution in [0.3, 0.4) is 0 Å². The molecule has 260 valence electrons. The third-order valence-electron chi connectivity index (χ3n) is 9.86. The average molecular weight is 676 g/mol. The molecule has 1 fully saturated rings. The number of ketones is 4. The molecular weight excluding hydrogens is 630 g/mol. The average Bonchev–Trinajstić information content (AvgIpc) is 3.16. The summed E-state index contributed by atoms with van der Waals surface area (Å²) in [6.45, 7) is 10.6. The van der Waals surface area contributed by atoms with Crippen LogP contribution in [0.25, 0.3) is 0 Å². The Kier molecular flexibility index (Phi) is 11.2. The molecule has 4 aromatic rings. The van der Waals surface area contributed by atoms with Gasteiger partial charge >= 0.3 is 0 Å². The number of nitrogens with zero attached hydrogens (tertiary/aromatic N) is 2. The Morgan fingerprint density at radius 2 is 0.940 bits per heavy atom. The molecule has 3 N–H and O–H groups in total. The fraction of sp³-hybridized carbons (Fsp3) is 0.317. The normalized spacial score (nSPS) is 13.8. The van der Waals surface area contributed by atoms with Gasteiger partial charge in [-0.05, 0) is 77.9 Å². The minimum Gasteiger partial charge on any atom is -0.505 e. The van der Waals surface area contributed by atoms with Crippen molar-refractivity contribution in [2.24, 2.45) is 5.41 Å². The van der Waals surface area contributed by atoms with Crippen molar-refractivity contribution >= 4 is 34.5 Å². The van der Waals surface area contributed by atoms with Gasteiger partial charge in [-0.1, -0.05) is 60.7 Å². The topological polar surface area (TPSA) is 127 Å². The predicted molar refractivity (Wildman–Crippen MR) is 196 cm³/mol. The highest BCUT2D eigenvalue weighted by Crippen LogP contribution is 2.44. The Balaban J connectivity index is 1.74. The maximum Gasteiger partial charge on any atom is 0.197 e. The number of piperidine rings is 1. The minimum atomic E-state index is -1.70. The van der Waals surface area contributed by atoms with Crippen molar-refractivity contribution in [3.8, 4) is 11.5 Å². The fourth-order valence-electron chi connectivity index (χ4n) is 7.03. The molecule has 1 heterocycles. The summed E-state index contributed by atoms with van der Waals surface area (Å²) in [5.74, 6) is -2.97. The van der Waals surface area contributed by atoms with Crippen LogP contribution in [0.15, 0.2) is 84.9 Å². The first kappa shape index (κ1) is 36.0. The van der Waals surface area contributed by atoms with Gasteiger partial charge in [-0.15, -0.1) is 0 Å². The lowest BCUT2D eigenvalue weighted by Gasteiger charge is -2.36. The Hall–Kier alpha value is -5.28. The molecule has 0 aliphatic carbocycles. The zero-order valence-electron chi connectivity index (χ0n) is 29.2. The molecular formula is C41H45N3O6. The molecule has 4 aromatic carbocycles. The van der Waals surface area contributed by atoms with Crippen LogP contribution in [0.4, 0.5) is 11.4 Å². The van der Waals surface area contributed by atoms with E-state index in [0.717, 1.165) is 0 Å². The molecule has 9 heteroatoms. The molecule has 0 atom stereocenters. The van der Waals surface area contributed by atoms with Gasteiger partial charge in [-0.2, -0.15) is 0 Å². The molecule has 0 bridgehead atoms. The highest BCUT2D eigenvalue weighted by atomic mass is 16.3. The van der Waals surface area contributed by atoms with Crippen LogP contribution < -0.4 is 15.1 Å². The summed E-state index contributed by atoms with van der Waals surface area (Å²) < 4.78 is 0. The summed E-state index contributed by atoms with van der Waals surface area (Å²) in [6, 6.07) is 23.1. The standard InChI is InChI=1S/C41H45N3O6/c1-5-43(6-2)31-21-19-29(33(37(31)47)35(45)27-15-11-9-12-16-27)39(49)41(23-25-42-26-24-41)40(50)30-20-22-32(44(7-3)8-4)38(48)34(30)36(46)28-17-13-10-14-18-28/h9-22,42,47-48H,5-8,23-26H2,1-4H3. The van der Waals surface area contributed by atoms with Gasteiger partial charge in [-0.25, -0.2) is 0 Å². The summed E-state index contributed by atoms with van der Waals surface area (Å²) in [5.41, 5.74) is -0.792. The molecule has 1 saturated heterocycles. The lowest BCUT2D eigenvalue weighted by molar-refractivity contribution is 0.0598. The molecule has 0 spiro atoms. The number of benzene rings is 4. The van der Waals surface area contributed by atoms with Crippen molar-refractivity contribution in [3.05, 3.63) is 118 Å². The van der Waals surface area contributed by atoms with Crippen molar-refractivity contribution in [2.75, 3.05) is 49.1 Å². The smallest absolute Gasteiger partial charge is 0.197 e. The second-order valence-electron chi connectivity index (χ2n) is 12.4. The zero-order valence-corrected chi connectivity index (χ0v) is 29.2. The number of phenolic OH excluding ortho intramolecular Hbond substituents is 2.